The van der Waals surface area contributed by atoms with Crippen molar-refractivity contribution < 1.29 is 17.9 Å². The molecule has 4 atom stereocenters. The lowest BCUT2D eigenvalue weighted by Gasteiger charge is -2.47. The molecule has 2 aromatic rings. The zero-order valence-electron chi connectivity index (χ0n) is 12.9. The smallest absolute Gasteiger partial charge is 0.251 e. The first kappa shape index (κ1) is 15.9. The quantitative estimate of drug-likeness (QED) is 0.830. The maximum atomic E-state index is 12.6. The molecule has 0 radical (unpaired) electrons. The van der Waals surface area contributed by atoms with Gasteiger partial charge in [0.25, 0.3) is 5.91 Å². The van der Waals surface area contributed by atoms with Gasteiger partial charge in [-0.15, -0.1) is 11.3 Å². The minimum Gasteiger partial charge on any atom is -0.376 e. The highest BCUT2D eigenvalue weighted by molar-refractivity contribution is 7.88. The van der Waals surface area contributed by atoms with Crippen LogP contribution in [-0.4, -0.2) is 50.4 Å². The molecule has 4 rings (SSSR count). The summed E-state index contributed by atoms with van der Waals surface area (Å²) in [4.78, 5) is 16.8. The Labute approximate surface area is 143 Å². The Morgan fingerprint density at radius 3 is 3.00 bits per heavy atom. The van der Waals surface area contributed by atoms with Crippen LogP contribution in [0.25, 0.3) is 10.2 Å². The summed E-state index contributed by atoms with van der Waals surface area (Å²) in [6, 6.07) is 4.69. The van der Waals surface area contributed by atoms with E-state index in [1.807, 2.05) is 12.1 Å². The van der Waals surface area contributed by atoms with E-state index in [1.165, 1.54) is 11.3 Å². The monoisotopic (exact) mass is 367 g/mol. The van der Waals surface area contributed by atoms with Crippen LogP contribution in [0.4, 0.5) is 0 Å². The predicted octanol–water partition coefficient (Wildman–Crippen LogP) is 0.731. The average molecular weight is 367 g/mol. The summed E-state index contributed by atoms with van der Waals surface area (Å²) >= 11 is 1.48. The van der Waals surface area contributed by atoms with Crippen LogP contribution in [0.1, 0.15) is 16.8 Å². The third-order valence-corrected chi connectivity index (χ3v) is 6.12. The minimum atomic E-state index is -3.37. The largest absolute Gasteiger partial charge is 0.376 e. The summed E-state index contributed by atoms with van der Waals surface area (Å²) < 4.78 is 32.2. The zero-order chi connectivity index (χ0) is 16.9. The highest BCUT2D eigenvalue weighted by atomic mass is 32.2. The van der Waals surface area contributed by atoms with Crippen molar-refractivity contribution in [1.29, 1.82) is 0 Å². The normalized spacial score (nSPS) is 29.2. The molecule has 1 amide bonds. The summed E-state index contributed by atoms with van der Waals surface area (Å²) in [5.74, 6) is -0.0544. The lowest BCUT2D eigenvalue weighted by Crippen LogP contribution is -2.70. The first-order valence-electron chi connectivity index (χ1n) is 7.65. The molecule has 7 nitrogen and oxygen atoms in total. The number of nitrogens with zero attached hydrogens (tertiary/aromatic N) is 1. The van der Waals surface area contributed by atoms with Crippen LogP contribution in [-0.2, 0) is 14.8 Å². The van der Waals surface area contributed by atoms with Crippen molar-refractivity contribution in [3.8, 4) is 0 Å². The van der Waals surface area contributed by atoms with E-state index in [1.54, 1.807) is 11.6 Å². The van der Waals surface area contributed by atoms with E-state index in [9.17, 15) is 13.2 Å². The second-order valence-corrected chi connectivity index (χ2v) is 8.90. The van der Waals surface area contributed by atoms with Gasteiger partial charge in [0.05, 0.1) is 40.2 Å². The van der Waals surface area contributed by atoms with Crippen LogP contribution >= 0.6 is 11.3 Å². The maximum Gasteiger partial charge on any atom is 0.251 e. The summed E-state index contributed by atoms with van der Waals surface area (Å²) in [5, 5.41) is 2.97. The molecule has 2 N–H and O–H groups in total. The van der Waals surface area contributed by atoms with E-state index in [4.69, 9.17) is 4.74 Å². The first-order chi connectivity index (χ1) is 11.4. The van der Waals surface area contributed by atoms with Crippen molar-refractivity contribution in [2.75, 3.05) is 12.9 Å². The van der Waals surface area contributed by atoms with Crippen molar-refractivity contribution in [3.63, 3.8) is 0 Å². The summed E-state index contributed by atoms with van der Waals surface area (Å²) in [7, 11) is -3.37. The number of nitrogens with one attached hydrogen (secondary N) is 2. The SMILES string of the molecule is CS(=O)(=O)N[C@@H]1[C@@H](NC(=O)c2ccc3ncsc3c2)[C@H]2CCO[C@H]21. The molecule has 1 saturated carbocycles. The van der Waals surface area contributed by atoms with Gasteiger partial charge in [0, 0.05) is 18.1 Å². The van der Waals surface area contributed by atoms with Crippen molar-refractivity contribution in [3.05, 3.63) is 29.3 Å². The molecule has 2 aliphatic rings. The Hall–Kier alpha value is -1.55. The fourth-order valence-corrected chi connectivity index (χ4v) is 5.01. The van der Waals surface area contributed by atoms with Gasteiger partial charge in [-0.3, -0.25) is 4.79 Å². The molecule has 1 aliphatic carbocycles. The molecule has 128 valence electrons. The number of fused-ring (bicyclic) bond motifs is 2. The fraction of sp³-hybridized carbons (Fsp3) is 0.467. The molecular weight excluding hydrogens is 350 g/mol. The zero-order valence-corrected chi connectivity index (χ0v) is 14.6. The van der Waals surface area contributed by atoms with Crippen molar-refractivity contribution >= 4 is 37.5 Å². The molecule has 0 spiro atoms. The van der Waals surface area contributed by atoms with Gasteiger partial charge in [-0.2, -0.15) is 0 Å². The summed E-state index contributed by atoms with van der Waals surface area (Å²) in [5.41, 5.74) is 3.15. The van der Waals surface area contributed by atoms with Gasteiger partial charge in [-0.1, -0.05) is 0 Å². The van der Waals surface area contributed by atoms with E-state index < -0.39 is 16.1 Å². The van der Waals surface area contributed by atoms with Gasteiger partial charge in [0.2, 0.25) is 10.0 Å². The Balaban J connectivity index is 1.53. The van der Waals surface area contributed by atoms with E-state index in [2.05, 4.69) is 15.0 Å². The van der Waals surface area contributed by atoms with E-state index in [0.29, 0.717) is 12.2 Å². The fourth-order valence-electron chi connectivity index (χ4n) is 3.52. The van der Waals surface area contributed by atoms with Crippen LogP contribution < -0.4 is 10.0 Å². The van der Waals surface area contributed by atoms with E-state index >= 15 is 0 Å². The third kappa shape index (κ3) is 2.81. The number of carbonyl (C=O) groups is 1. The van der Waals surface area contributed by atoms with Crippen LogP contribution in [0.3, 0.4) is 0 Å². The van der Waals surface area contributed by atoms with Crippen molar-refractivity contribution in [2.45, 2.75) is 24.6 Å². The van der Waals surface area contributed by atoms with Crippen molar-refractivity contribution in [2.24, 2.45) is 5.92 Å². The molecule has 2 fully saturated rings. The van der Waals surface area contributed by atoms with Crippen LogP contribution in [0.5, 0.6) is 0 Å². The summed E-state index contributed by atoms with van der Waals surface area (Å²) in [6.45, 7) is 0.594. The van der Waals surface area contributed by atoms with E-state index in [0.717, 1.165) is 22.9 Å². The number of hydrogen-bond donors (Lipinski definition) is 2. The number of ether oxygens (including phenoxy) is 1. The predicted molar refractivity (Wildman–Crippen MR) is 90.5 cm³/mol. The standard InChI is InChI=1S/C15H17N3O4S2/c1-24(20,21)18-13-12(9-4-5-22-14(9)13)17-15(19)8-2-3-10-11(6-8)23-7-16-10/h2-3,6-7,9,12-14,18H,4-5H2,1H3,(H,17,19)/t9-,12+,13-,14-/m1/s1. The van der Waals surface area contributed by atoms with Gasteiger partial charge >= 0.3 is 0 Å². The Morgan fingerprint density at radius 1 is 1.38 bits per heavy atom. The number of benzene rings is 1. The number of carbonyl (C=O) groups excluding carboxylic acids is 1. The van der Waals surface area contributed by atoms with Gasteiger partial charge in [0.15, 0.2) is 0 Å². The molecule has 0 unspecified atom stereocenters. The molecule has 1 aromatic carbocycles. The Morgan fingerprint density at radius 2 is 2.21 bits per heavy atom. The molecule has 1 saturated heterocycles. The molecule has 24 heavy (non-hydrogen) atoms. The van der Waals surface area contributed by atoms with Crippen LogP contribution in [0, 0.1) is 5.92 Å². The maximum absolute atomic E-state index is 12.6. The number of hydrogen-bond acceptors (Lipinski definition) is 6. The van der Waals surface area contributed by atoms with Gasteiger partial charge < -0.3 is 10.1 Å². The molecule has 9 heteroatoms. The number of sulfonamides is 1. The number of thiazole rings is 1. The Kier molecular flexibility index (Phi) is 3.83. The van der Waals surface area contributed by atoms with Crippen LogP contribution in [0.15, 0.2) is 23.7 Å². The van der Waals surface area contributed by atoms with E-state index in [-0.39, 0.29) is 24.0 Å². The summed E-state index contributed by atoms with van der Waals surface area (Å²) in [6.07, 6.45) is 1.78. The first-order valence-corrected chi connectivity index (χ1v) is 10.4. The molecule has 1 aliphatic heterocycles. The third-order valence-electron chi connectivity index (χ3n) is 4.63. The highest BCUT2D eigenvalue weighted by Crippen LogP contribution is 2.39. The highest BCUT2D eigenvalue weighted by Gasteiger charge is 2.55. The molecule has 0 bridgehead atoms. The van der Waals surface area contributed by atoms with Crippen LogP contribution in [0.2, 0.25) is 0 Å². The molecular formula is C15H17N3O4S2. The minimum absolute atomic E-state index is 0.153. The number of rotatable bonds is 4. The topological polar surface area (TPSA) is 97.4 Å². The van der Waals surface area contributed by atoms with Gasteiger partial charge in [-0.25, -0.2) is 18.1 Å². The second kappa shape index (κ2) is 5.76. The lowest BCUT2D eigenvalue weighted by atomic mass is 9.72. The van der Waals surface area contributed by atoms with Gasteiger partial charge in [0.1, 0.15) is 0 Å². The number of amides is 1. The Bertz CT molecular complexity index is 895. The lowest BCUT2D eigenvalue weighted by molar-refractivity contribution is -0.0194. The van der Waals surface area contributed by atoms with Gasteiger partial charge in [-0.05, 0) is 24.6 Å². The van der Waals surface area contributed by atoms with Crippen molar-refractivity contribution in [1.82, 2.24) is 15.0 Å². The molecule has 1 aromatic heterocycles. The average Bonchev–Trinajstić information content (AvgIpc) is 3.15. The number of aromatic nitrogens is 1. The second-order valence-electron chi connectivity index (χ2n) is 6.24. The molecule has 2 heterocycles.